The van der Waals surface area contributed by atoms with Gasteiger partial charge >= 0.3 is 0 Å². The van der Waals surface area contributed by atoms with E-state index < -0.39 is 0 Å². The molecule has 1 saturated heterocycles. The molecule has 0 spiro atoms. The van der Waals surface area contributed by atoms with Gasteiger partial charge in [-0.1, -0.05) is 30.3 Å². The molecule has 9 heteroatoms. The van der Waals surface area contributed by atoms with Gasteiger partial charge in [-0.3, -0.25) is 24.3 Å². The standard InChI is InChI=1S/C32H40N6O3/c1-20(25-10-8-24(9-11-25)14-30(39)33-5)13-26-15-27(17-34-22(26)3)32(41)37-29-16-28(18-35-23(29)4)36-31(40)19-38-12-6-7-21(38)2/h8-11,13,15-18,21-22,34H,6-7,12,14,19H2,1-5H3,(H,33,39)(H,36,40)(H,37,41)/b20-13+. The molecule has 41 heavy (non-hydrogen) atoms. The van der Waals surface area contributed by atoms with Crippen molar-refractivity contribution in [2.45, 2.75) is 59.0 Å². The van der Waals surface area contributed by atoms with E-state index in [1.54, 1.807) is 25.5 Å². The summed E-state index contributed by atoms with van der Waals surface area (Å²) in [4.78, 5) is 44.0. The average molecular weight is 557 g/mol. The number of carbonyl (C=O) groups is 3. The Hall–Kier alpha value is -4.24. The Kier molecular flexibility index (Phi) is 9.73. The minimum absolute atomic E-state index is 0.0225. The van der Waals surface area contributed by atoms with Crippen LogP contribution in [0, 0.1) is 6.92 Å². The van der Waals surface area contributed by atoms with E-state index in [1.807, 2.05) is 51.1 Å². The van der Waals surface area contributed by atoms with Crippen LogP contribution >= 0.6 is 0 Å². The Morgan fingerprint density at radius 2 is 1.88 bits per heavy atom. The second kappa shape index (κ2) is 13.4. The van der Waals surface area contributed by atoms with Crippen molar-refractivity contribution in [2.75, 3.05) is 30.8 Å². The molecule has 4 N–H and O–H groups in total. The number of dihydropyridines is 1. The minimum atomic E-state index is -0.272. The molecule has 2 atom stereocenters. The van der Waals surface area contributed by atoms with Crippen LogP contribution in [0.15, 0.2) is 66.0 Å². The van der Waals surface area contributed by atoms with Gasteiger partial charge in [-0.25, -0.2) is 0 Å². The SMILES string of the molecule is CNC(=O)Cc1ccc(/C(C)=C/C2=CC(C(=O)Nc3cc(NC(=O)CN4CCCC4C)cnc3C)=CNC2C)cc1. The van der Waals surface area contributed by atoms with Crippen LogP contribution in [0.2, 0.25) is 0 Å². The van der Waals surface area contributed by atoms with Crippen molar-refractivity contribution in [3.63, 3.8) is 0 Å². The Morgan fingerprint density at radius 3 is 2.56 bits per heavy atom. The van der Waals surface area contributed by atoms with Crippen molar-refractivity contribution >= 4 is 34.7 Å². The molecule has 1 aromatic heterocycles. The smallest absolute Gasteiger partial charge is 0.257 e. The number of amides is 3. The Labute approximate surface area is 242 Å². The zero-order valence-electron chi connectivity index (χ0n) is 24.5. The van der Waals surface area contributed by atoms with Crippen molar-refractivity contribution in [1.82, 2.24) is 20.5 Å². The van der Waals surface area contributed by atoms with Gasteiger partial charge in [-0.2, -0.15) is 0 Å². The third-order valence-corrected chi connectivity index (χ3v) is 7.67. The summed E-state index contributed by atoms with van der Waals surface area (Å²) in [6.07, 6.45) is 9.83. The molecule has 1 aromatic carbocycles. The molecule has 3 heterocycles. The van der Waals surface area contributed by atoms with Gasteiger partial charge < -0.3 is 21.3 Å². The molecule has 2 aliphatic rings. The quantitative estimate of drug-likeness (QED) is 0.372. The molecule has 0 aliphatic carbocycles. The molecule has 3 amide bonds. The second-order valence-electron chi connectivity index (χ2n) is 10.8. The van der Waals surface area contributed by atoms with E-state index in [4.69, 9.17) is 0 Å². The fourth-order valence-corrected chi connectivity index (χ4v) is 4.98. The topological polar surface area (TPSA) is 115 Å². The van der Waals surface area contributed by atoms with Gasteiger partial charge in [0, 0.05) is 25.3 Å². The predicted octanol–water partition coefficient (Wildman–Crippen LogP) is 3.95. The van der Waals surface area contributed by atoms with Crippen LogP contribution in [0.5, 0.6) is 0 Å². The lowest BCUT2D eigenvalue weighted by atomic mass is 9.96. The number of anilines is 2. The summed E-state index contributed by atoms with van der Waals surface area (Å²) in [6.45, 7) is 9.29. The second-order valence-corrected chi connectivity index (χ2v) is 10.8. The van der Waals surface area contributed by atoms with Crippen LogP contribution in [0.3, 0.4) is 0 Å². The van der Waals surface area contributed by atoms with Gasteiger partial charge in [0.05, 0.1) is 41.8 Å². The van der Waals surface area contributed by atoms with Crippen molar-refractivity contribution in [1.29, 1.82) is 0 Å². The van der Waals surface area contributed by atoms with Crippen molar-refractivity contribution < 1.29 is 14.4 Å². The number of allylic oxidation sites excluding steroid dienone is 1. The molecular formula is C32H40N6O3. The molecular weight excluding hydrogens is 516 g/mol. The molecule has 2 unspecified atom stereocenters. The van der Waals surface area contributed by atoms with E-state index in [2.05, 4.69) is 44.2 Å². The van der Waals surface area contributed by atoms with E-state index >= 15 is 0 Å². The first-order valence-corrected chi connectivity index (χ1v) is 14.1. The van der Waals surface area contributed by atoms with Gasteiger partial charge in [0.15, 0.2) is 0 Å². The Bertz CT molecular complexity index is 1390. The zero-order valence-corrected chi connectivity index (χ0v) is 24.5. The van der Waals surface area contributed by atoms with E-state index in [1.165, 1.54) is 0 Å². The summed E-state index contributed by atoms with van der Waals surface area (Å²) >= 11 is 0. The monoisotopic (exact) mass is 556 g/mol. The van der Waals surface area contributed by atoms with Crippen LogP contribution in [0.25, 0.3) is 5.57 Å². The first kappa shape index (κ1) is 29.7. The molecule has 2 aromatic rings. The molecule has 1 fully saturated rings. The number of benzene rings is 1. The molecule has 4 rings (SSSR count). The maximum Gasteiger partial charge on any atom is 0.257 e. The lowest BCUT2D eigenvalue weighted by Crippen LogP contribution is -2.35. The van der Waals surface area contributed by atoms with Crippen LogP contribution in [0.1, 0.15) is 50.4 Å². The lowest BCUT2D eigenvalue weighted by Gasteiger charge is -2.21. The number of carbonyl (C=O) groups excluding carboxylic acids is 3. The highest BCUT2D eigenvalue weighted by Gasteiger charge is 2.23. The van der Waals surface area contributed by atoms with Gasteiger partial charge in [0.25, 0.3) is 5.91 Å². The Balaban J connectivity index is 1.42. The van der Waals surface area contributed by atoms with Gasteiger partial charge in [0.1, 0.15) is 0 Å². The van der Waals surface area contributed by atoms with Gasteiger partial charge in [-0.15, -0.1) is 0 Å². The number of likely N-dealkylation sites (tertiary alicyclic amines) is 1. The number of aryl methyl sites for hydroxylation is 1. The Morgan fingerprint density at radius 1 is 1.12 bits per heavy atom. The predicted molar refractivity (Wildman–Crippen MR) is 163 cm³/mol. The number of likely N-dealkylation sites (N-methyl/N-ethyl adjacent to an activating group) is 1. The third kappa shape index (κ3) is 7.91. The van der Waals surface area contributed by atoms with Crippen molar-refractivity contribution in [2.24, 2.45) is 0 Å². The van der Waals surface area contributed by atoms with Crippen molar-refractivity contribution in [3.05, 3.63) is 82.8 Å². The summed E-state index contributed by atoms with van der Waals surface area (Å²) in [6, 6.07) is 10.1. The van der Waals surface area contributed by atoms with Crippen LogP contribution in [-0.2, 0) is 20.8 Å². The number of aromatic nitrogens is 1. The van der Waals surface area contributed by atoms with Crippen molar-refractivity contribution in [3.8, 4) is 0 Å². The summed E-state index contributed by atoms with van der Waals surface area (Å²) in [5, 5.41) is 11.8. The molecule has 216 valence electrons. The van der Waals surface area contributed by atoms with E-state index in [-0.39, 0.29) is 23.8 Å². The fourth-order valence-electron chi connectivity index (χ4n) is 4.98. The van der Waals surface area contributed by atoms with Gasteiger partial charge in [0.2, 0.25) is 11.8 Å². The normalized spacial score (nSPS) is 19.1. The van der Waals surface area contributed by atoms with E-state index in [0.717, 1.165) is 41.7 Å². The van der Waals surface area contributed by atoms with Crippen LogP contribution < -0.4 is 21.3 Å². The maximum atomic E-state index is 13.2. The summed E-state index contributed by atoms with van der Waals surface area (Å²) < 4.78 is 0. The number of hydrogen-bond donors (Lipinski definition) is 4. The lowest BCUT2D eigenvalue weighted by molar-refractivity contribution is -0.120. The highest BCUT2D eigenvalue weighted by molar-refractivity contribution is 6.06. The van der Waals surface area contributed by atoms with E-state index in [9.17, 15) is 14.4 Å². The first-order chi connectivity index (χ1) is 19.6. The van der Waals surface area contributed by atoms with Crippen LogP contribution in [-0.4, -0.2) is 59.8 Å². The summed E-state index contributed by atoms with van der Waals surface area (Å²) in [7, 11) is 1.63. The number of nitrogens with one attached hydrogen (secondary N) is 4. The minimum Gasteiger partial charge on any atom is -0.384 e. The number of pyridine rings is 1. The largest absolute Gasteiger partial charge is 0.384 e. The third-order valence-electron chi connectivity index (χ3n) is 7.67. The first-order valence-electron chi connectivity index (χ1n) is 14.1. The maximum absolute atomic E-state index is 13.2. The number of rotatable bonds is 9. The number of nitrogens with zero attached hydrogens (tertiary/aromatic N) is 2. The van der Waals surface area contributed by atoms with Crippen LogP contribution in [0.4, 0.5) is 11.4 Å². The molecule has 9 nitrogen and oxygen atoms in total. The fraction of sp³-hybridized carbons (Fsp3) is 0.375. The molecule has 0 saturated carbocycles. The average Bonchev–Trinajstić information content (AvgIpc) is 3.35. The summed E-state index contributed by atoms with van der Waals surface area (Å²) in [5.74, 6) is -0.388. The zero-order chi connectivity index (χ0) is 29.5. The molecule has 0 radical (unpaired) electrons. The number of hydrogen-bond acceptors (Lipinski definition) is 6. The highest BCUT2D eigenvalue weighted by atomic mass is 16.2. The van der Waals surface area contributed by atoms with E-state index in [0.29, 0.717) is 41.6 Å². The molecule has 2 aliphatic heterocycles. The van der Waals surface area contributed by atoms with Gasteiger partial charge in [-0.05, 0) is 81.5 Å². The summed E-state index contributed by atoms with van der Waals surface area (Å²) in [5.41, 5.74) is 6.23. The molecule has 0 bridgehead atoms. The highest BCUT2D eigenvalue weighted by Crippen LogP contribution is 2.24.